The number of piperidine rings is 1. The number of guanidine groups is 1. The van der Waals surface area contributed by atoms with Gasteiger partial charge in [-0.1, -0.05) is 36.4 Å². The third-order valence-corrected chi connectivity index (χ3v) is 5.94. The van der Waals surface area contributed by atoms with Crippen LogP contribution in [0.15, 0.2) is 52.8 Å². The van der Waals surface area contributed by atoms with Crippen molar-refractivity contribution in [3.63, 3.8) is 0 Å². The second kappa shape index (κ2) is 11.0. The molecule has 2 heterocycles. The van der Waals surface area contributed by atoms with Crippen LogP contribution in [-0.2, 0) is 17.9 Å². The number of rotatable bonds is 7. The number of carbonyl (C=O) groups is 1. The number of likely N-dealkylation sites (tertiary alicyclic amines) is 1. The van der Waals surface area contributed by atoms with Crippen molar-refractivity contribution in [2.24, 2.45) is 4.99 Å². The van der Waals surface area contributed by atoms with Crippen molar-refractivity contribution < 1.29 is 4.79 Å². The summed E-state index contributed by atoms with van der Waals surface area (Å²) in [5.74, 6) is 0.718. The predicted molar refractivity (Wildman–Crippen MR) is 120 cm³/mol. The maximum absolute atomic E-state index is 11.9. The highest BCUT2D eigenvalue weighted by Crippen LogP contribution is 2.14. The van der Waals surface area contributed by atoms with Gasteiger partial charge in [0.15, 0.2) is 5.96 Å². The van der Waals surface area contributed by atoms with Crippen LogP contribution in [0.5, 0.6) is 0 Å². The molecule has 2 aromatic rings. The van der Waals surface area contributed by atoms with E-state index < -0.39 is 0 Å². The Balaban J connectivity index is 1.51. The Kier molecular flexibility index (Phi) is 8.07. The van der Waals surface area contributed by atoms with Gasteiger partial charge in [-0.2, -0.15) is 0 Å². The summed E-state index contributed by atoms with van der Waals surface area (Å²) in [5.41, 5.74) is 1.36. The number of thiophene rings is 1. The molecule has 1 aliphatic heterocycles. The molecule has 2 N–H and O–H groups in total. The van der Waals surface area contributed by atoms with Crippen molar-refractivity contribution in [2.75, 3.05) is 33.7 Å². The Morgan fingerprint density at radius 2 is 1.93 bits per heavy atom. The third kappa shape index (κ3) is 7.18. The Morgan fingerprint density at radius 3 is 2.59 bits per heavy atom. The zero-order valence-electron chi connectivity index (χ0n) is 17.3. The van der Waals surface area contributed by atoms with Crippen LogP contribution in [0, 0.1) is 0 Å². The second-order valence-electron chi connectivity index (χ2n) is 7.57. The zero-order valence-corrected chi connectivity index (χ0v) is 18.1. The van der Waals surface area contributed by atoms with Crippen LogP contribution in [0.1, 0.15) is 23.3 Å². The minimum atomic E-state index is -0.0000889. The Hall–Kier alpha value is -2.38. The number of carbonyl (C=O) groups excluding carboxylic acids is 1. The number of aliphatic imine (C=N–C) groups is 1. The van der Waals surface area contributed by atoms with Crippen LogP contribution in [-0.4, -0.2) is 61.4 Å². The number of likely N-dealkylation sites (N-methyl/N-ethyl adjacent to an activating group) is 1. The lowest BCUT2D eigenvalue weighted by Gasteiger charge is -2.33. The first-order chi connectivity index (χ1) is 14.1. The molecule has 6 nitrogen and oxygen atoms in total. The molecule has 0 aliphatic carbocycles. The summed E-state index contributed by atoms with van der Waals surface area (Å²) in [6.45, 7) is 3.98. The summed E-state index contributed by atoms with van der Waals surface area (Å²) >= 11 is 1.71. The van der Waals surface area contributed by atoms with Gasteiger partial charge in [-0.3, -0.25) is 9.69 Å². The predicted octanol–water partition coefficient (Wildman–Crippen LogP) is 2.54. The lowest BCUT2D eigenvalue weighted by atomic mass is 10.0. The minimum Gasteiger partial charge on any atom is -0.354 e. The molecule has 156 valence electrons. The van der Waals surface area contributed by atoms with Crippen molar-refractivity contribution in [1.29, 1.82) is 0 Å². The van der Waals surface area contributed by atoms with E-state index in [4.69, 9.17) is 0 Å². The topological polar surface area (TPSA) is 60.0 Å². The van der Waals surface area contributed by atoms with Crippen molar-refractivity contribution in [1.82, 2.24) is 20.4 Å². The van der Waals surface area contributed by atoms with Gasteiger partial charge < -0.3 is 15.5 Å². The van der Waals surface area contributed by atoms with Crippen molar-refractivity contribution in [2.45, 2.75) is 32.0 Å². The fraction of sp³-hybridized carbons (Fsp3) is 0.455. The molecular formula is C22H31N5OS. The fourth-order valence-electron chi connectivity index (χ4n) is 3.30. The monoisotopic (exact) mass is 413 g/mol. The Bertz CT molecular complexity index is 768. The fourth-order valence-corrected chi connectivity index (χ4v) is 3.94. The number of nitrogens with zero attached hydrogens (tertiary/aromatic N) is 3. The lowest BCUT2D eigenvalue weighted by Crippen LogP contribution is -2.48. The first kappa shape index (κ1) is 21.3. The quantitative estimate of drug-likeness (QED) is 0.541. The number of hydrogen-bond donors (Lipinski definition) is 2. The van der Waals surface area contributed by atoms with Gasteiger partial charge in [-0.25, -0.2) is 4.99 Å². The van der Waals surface area contributed by atoms with Gasteiger partial charge in [0, 0.05) is 44.6 Å². The first-order valence-electron chi connectivity index (χ1n) is 10.1. The summed E-state index contributed by atoms with van der Waals surface area (Å²) in [4.78, 5) is 21.8. The average Bonchev–Trinajstić information content (AvgIpc) is 3.25. The summed E-state index contributed by atoms with van der Waals surface area (Å²) < 4.78 is 0. The highest BCUT2D eigenvalue weighted by atomic mass is 32.1. The molecule has 1 aromatic heterocycles. The van der Waals surface area contributed by atoms with Crippen molar-refractivity contribution in [3.05, 3.63) is 58.3 Å². The number of hydrogen-bond acceptors (Lipinski definition) is 4. The van der Waals surface area contributed by atoms with E-state index in [-0.39, 0.29) is 12.5 Å². The molecular weight excluding hydrogens is 382 g/mol. The molecule has 7 heteroatoms. The van der Waals surface area contributed by atoms with E-state index in [0.29, 0.717) is 12.6 Å². The molecule has 1 aliphatic rings. The summed E-state index contributed by atoms with van der Waals surface area (Å²) in [5, 5.41) is 8.99. The maximum Gasteiger partial charge on any atom is 0.243 e. The molecule has 29 heavy (non-hydrogen) atoms. The van der Waals surface area contributed by atoms with E-state index in [1.54, 1.807) is 30.3 Å². The minimum absolute atomic E-state index is 0.0000889. The van der Waals surface area contributed by atoms with E-state index in [0.717, 1.165) is 38.4 Å². The summed E-state index contributed by atoms with van der Waals surface area (Å²) in [6.07, 6.45) is 2.13. The smallest absolute Gasteiger partial charge is 0.243 e. The number of benzene rings is 1. The molecule has 0 radical (unpaired) electrons. The van der Waals surface area contributed by atoms with Crippen LogP contribution in [0.4, 0.5) is 0 Å². The molecule has 1 amide bonds. The molecule has 1 aromatic carbocycles. The van der Waals surface area contributed by atoms with Crippen LogP contribution in [0.3, 0.4) is 0 Å². The molecule has 0 atom stereocenters. The number of amides is 1. The molecule has 1 saturated heterocycles. The van der Waals surface area contributed by atoms with E-state index >= 15 is 0 Å². The van der Waals surface area contributed by atoms with Crippen LogP contribution < -0.4 is 10.6 Å². The van der Waals surface area contributed by atoms with E-state index in [9.17, 15) is 4.79 Å². The van der Waals surface area contributed by atoms with E-state index in [1.165, 1.54) is 10.4 Å². The highest BCUT2D eigenvalue weighted by Gasteiger charge is 2.20. The van der Waals surface area contributed by atoms with Gasteiger partial charge in [0.05, 0.1) is 6.54 Å². The highest BCUT2D eigenvalue weighted by molar-refractivity contribution is 7.09. The van der Waals surface area contributed by atoms with E-state index in [1.807, 2.05) is 6.07 Å². The lowest BCUT2D eigenvalue weighted by molar-refractivity contribution is -0.127. The maximum atomic E-state index is 11.9. The van der Waals surface area contributed by atoms with Gasteiger partial charge >= 0.3 is 0 Å². The van der Waals surface area contributed by atoms with Crippen LogP contribution in [0.25, 0.3) is 0 Å². The summed E-state index contributed by atoms with van der Waals surface area (Å²) in [7, 11) is 3.51. The molecule has 0 spiro atoms. The molecule has 1 fully saturated rings. The number of nitrogens with one attached hydrogen (secondary N) is 2. The third-order valence-electron chi connectivity index (χ3n) is 5.06. The molecule has 0 unspecified atom stereocenters. The van der Waals surface area contributed by atoms with Crippen LogP contribution >= 0.6 is 11.3 Å². The molecule has 3 rings (SSSR count). The van der Waals surface area contributed by atoms with E-state index in [2.05, 4.69) is 62.3 Å². The Morgan fingerprint density at radius 1 is 1.17 bits per heavy atom. The van der Waals surface area contributed by atoms with Gasteiger partial charge in [0.25, 0.3) is 0 Å². The van der Waals surface area contributed by atoms with Gasteiger partial charge in [-0.05, 0) is 29.9 Å². The SMILES string of the molecule is CN(C)C(=O)CN=C(NCc1cccs1)NC1CCN(Cc2ccccc2)CC1. The standard InChI is InChI=1S/C22H31N5OS/c1-26(2)21(28)16-24-22(23-15-20-9-6-14-29-20)25-19-10-12-27(13-11-19)17-18-7-4-3-5-8-18/h3-9,14,19H,10-13,15-17H2,1-2H3,(H2,23,24,25). The van der Waals surface area contributed by atoms with Gasteiger partial charge in [0.2, 0.25) is 5.91 Å². The van der Waals surface area contributed by atoms with Crippen molar-refractivity contribution in [3.8, 4) is 0 Å². The normalized spacial score (nSPS) is 15.9. The molecule has 0 bridgehead atoms. The van der Waals surface area contributed by atoms with Crippen molar-refractivity contribution >= 4 is 23.2 Å². The van der Waals surface area contributed by atoms with Crippen LogP contribution in [0.2, 0.25) is 0 Å². The molecule has 0 saturated carbocycles. The van der Waals surface area contributed by atoms with Gasteiger partial charge in [-0.15, -0.1) is 11.3 Å². The Labute approximate surface area is 177 Å². The zero-order chi connectivity index (χ0) is 20.5. The summed E-state index contributed by atoms with van der Waals surface area (Å²) in [6, 6.07) is 15.1. The second-order valence-corrected chi connectivity index (χ2v) is 8.60. The first-order valence-corrected chi connectivity index (χ1v) is 11.0. The van der Waals surface area contributed by atoms with Gasteiger partial charge in [0.1, 0.15) is 6.54 Å². The average molecular weight is 414 g/mol. The largest absolute Gasteiger partial charge is 0.354 e.